The molecule has 0 spiro atoms. The minimum absolute atomic E-state index is 0.223. The number of imidazole rings is 1. The van der Waals surface area contributed by atoms with Crippen LogP contribution in [0.5, 0.6) is 0 Å². The van der Waals surface area contributed by atoms with Gasteiger partial charge in [-0.25, -0.2) is 17.8 Å². The van der Waals surface area contributed by atoms with E-state index in [1.165, 1.54) is 29.2 Å². The third-order valence-corrected chi connectivity index (χ3v) is 3.79. The summed E-state index contributed by atoms with van der Waals surface area (Å²) < 4.78 is 37.3. The van der Waals surface area contributed by atoms with Crippen molar-refractivity contribution in [2.75, 3.05) is 0 Å². The SMILES string of the molecule is O=S(=O)(Cl)c1cn(Cc2cc(F)cc(Br)c2)cn1. The van der Waals surface area contributed by atoms with E-state index in [0.717, 1.165) is 0 Å². The molecule has 0 radical (unpaired) electrons. The van der Waals surface area contributed by atoms with Crippen molar-refractivity contribution in [3.8, 4) is 0 Å². The van der Waals surface area contributed by atoms with Crippen LogP contribution in [0, 0.1) is 5.82 Å². The van der Waals surface area contributed by atoms with E-state index in [4.69, 9.17) is 10.7 Å². The van der Waals surface area contributed by atoms with Gasteiger partial charge in [0.15, 0.2) is 5.03 Å². The zero-order valence-corrected chi connectivity index (χ0v) is 12.0. The summed E-state index contributed by atoms with van der Waals surface area (Å²) in [6.45, 7) is 0.301. The Kier molecular flexibility index (Phi) is 3.74. The van der Waals surface area contributed by atoms with E-state index in [1.54, 1.807) is 6.07 Å². The van der Waals surface area contributed by atoms with Gasteiger partial charge in [-0.05, 0) is 23.8 Å². The topological polar surface area (TPSA) is 52.0 Å². The average Bonchev–Trinajstić information content (AvgIpc) is 2.63. The Morgan fingerprint density at radius 2 is 2.11 bits per heavy atom. The van der Waals surface area contributed by atoms with Crippen LogP contribution in [0.4, 0.5) is 4.39 Å². The smallest absolute Gasteiger partial charge is 0.280 e. The fourth-order valence-corrected chi connectivity index (χ4v) is 2.65. The molecule has 18 heavy (non-hydrogen) atoms. The van der Waals surface area contributed by atoms with Crippen molar-refractivity contribution in [3.63, 3.8) is 0 Å². The Morgan fingerprint density at radius 1 is 1.39 bits per heavy atom. The van der Waals surface area contributed by atoms with E-state index in [2.05, 4.69) is 20.9 Å². The van der Waals surface area contributed by atoms with Gasteiger partial charge in [-0.2, -0.15) is 0 Å². The van der Waals surface area contributed by atoms with Gasteiger partial charge < -0.3 is 4.57 Å². The summed E-state index contributed by atoms with van der Waals surface area (Å²) in [5.41, 5.74) is 0.679. The molecule has 96 valence electrons. The van der Waals surface area contributed by atoms with Crippen LogP contribution in [-0.2, 0) is 15.6 Å². The highest BCUT2D eigenvalue weighted by molar-refractivity contribution is 9.10. The lowest BCUT2D eigenvalue weighted by molar-refractivity contribution is 0.606. The Morgan fingerprint density at radius 3 is 2.67 bits per heavy atom. The van der Waals surface area contributed by atoms with E-state index in [-0.39, 0.29) is 10.8 Å². The minimum Gasteiger partial charge on any atom is -0.332 e. The Bertz CT molecular complexity index is 667. The predicted octanol–water partition coefficient (Wildman–Crippen LogP) is 2.76. The Hall–Kier alpha value is -0.920. The molecule has 1 aromatic carbocycles. The van der Waals surface area contributed by atoms with Crippen molar-refractivity contribution in [2.45, 2.75) is 11.6 Å². The quantitative estimate of drug-likeness (QED) is 0.797. The number of benzene rings is 1. The van der Waals surface area contributed by atoms with Gasteiger partial charge in [0.2, 0.25) is 0 Å². The second-order valence-corrected chi connectivity index (χ2v) is 7.03. The third kappa shape index (κ3) is 3.30. The molecule has 0 aliphatic carbocycles. The molecule has 1 heterocycles. The van der Waals surface area contributed by atoms with Gasteiger partial charge in [0.25, 0.3) is 9.05 Å². The highest BCUT2D eigenvalue weighted by Gasteiger charge is 2.13. The number of nitrogens with zero attached hydrogens (tertiary/aromatic N) is 2. The van der Waals surface area contributed by atoms with Crippen molar-refractivity contribution < 1.29 is 12.8 Å². The molecule has 0 aliphatic rings. The van der Waals surface area contributed by atoms with Gasteiger partial charge >= 0.3 is 0 Å². The largest absolute Gasteiger partial charge is 0.332 e. The molecule has 8 heteroatoms. The fraction of sp³-hybridized carbons (Fsp3) is 0.100. The lowest BCUT2D eigenvalue weighted by Gasteiger charge is -2.03. The van der Waals surface area contributed by atoms with Gasteiger partial charge in [0.05, 0.1) is 6.33 Å². The maximum absolute atomic E-state index is 13.2. The van der Waals surface area contributed by atoms with Gasteiger partial charge in [-0.15, -0.1) is 0 Å². The lowest BCUT2D eigenvalue weighted by Crippen LogP contribution is -1.97. The standard InChI is InChI=1S/C10H7BrClFN2O2S/c11-8-1-7(2-9(13)3-8)4-15-5-10(14-6-15)18(12,16)17/h1-3,5-6H,4H2. The number of aromatic nitrogens is 2. The van der Waals surface area contributed by atoms with Crippen molar-refractivity contribution in [1.82, 2.24) is 9.55 Å². The van der Waals surface area contributed by atoms with Crippen LogP contribution in [-0.4, -0.2) is 18.0 Å². The third-order valence-electron chi connectivity index (χ3n) is 2.15. The highest BCUT2D eigenvalue weighted by atomic mass is 79.9. The second kappa shape index (κ2) is 4.99. The normalized spacial score (nSPS) is 11.7. The zero-order valence-electron chi connectivity index (χ0n) is 8.85. The maximum atomic E-state index is 13.2. The molecule has 0 bridgehead atoms. The van der Waals surface area contributed by atoms with Crippen molar-refractivity contribution in [3.05, 3.63) is 46.6 Å². The fourth-order valence-electron chi connectivity index (χ4n) is 1.47. The van der Waals surface area contributed by atoms with E-state index >= 15 is 0 Å². The summed E-state index contributed by atoms with van der Waals surface area (Å²) in [5.74, 6) is -0.371. The first-order chi connectivity index (χ1) is 8.34. The summed E-state index contributed by atoms with van der Waals surface area (Å²) in [5, 5.41) is -0.223. The molecule has 4 nitrogen and oxygen atoms in total. The molecule has 0 fully saturated rings. The monoisotopic (exact) mass is 352 g/mol. The summed E-state index contributed by atoms with van der Waals surface area (Å²) in [6, 6.07) is 4.43. The average molecular weight is 354 g/mol. The molecule has 1 aromatic heterocycles. The van der Waals surface area contributed by atoms with E-state index < -0.39 is 9.05 Å². The van der Waals surface area contributed by atoms with Gasteiger partial charge in [0.1, 0.15) is 5.82 Å². The molecule has 0 aliphatic heterocycles. The maximum Gasteiger partial charge on any atom is 0.280 e. The van der Waals surface area contributed by atoms with Crippen LogP contribution in [0.3, 0.4) is 0 Å². The van der Waals surface area contributed by atoms with Gasteiger partial charge in [0, 0.05) is 27.9 Å². The molecule has 0 saturated carbocycles. The number of halogens is 3. The molecular formula is C10H7BrClFN2O2S. The Balaban J connectivity index is 2.27. The van der Waals surface area contributed by atoms with Crippen LogP contribution in [0.1, 0.15) is 5.56 Å². The van der Waals surface area contributed by atoms with Gasteiger partial charge in [-0.1, -0.05) is 15.9 Å². The molecule has 2 rings (SSSR count). The number of rotatable bonds is 3. The van der Waals surface area contributed by atoms with Crippen molar-refractivity contribution in [1.29, 1.82) is 0 Å². The molecule has 0 N–H and O–H groups in total. The minimum atomic E-state index is -3.83. The van der Waals surface area contributed by atoms with Crippen LogP contribution in [0.2, 0.25) is 0 Å². The zero-order chi connectivity index (χ0) is 13.3. The first-order valence-corrected chi connectivity index (χ1v) is 7.86. The predicted molar refractivity (Wildman–Crippen MR) is 68.5 cm³/mol. The van der Waals surface area contributed by atoms with Crippen molar-refractivity contribution in [2.24, 2.45) is 0 Å². The van der Waals surface area contributed by atoms with Crippen molar-refractivity contribution >= 4 is 35.7 Å². The Labute approximate surface area is 116 Å². The summed E-state index contributed by atoms with van der Waals surface area (Å²) in [6.07, 6.45) is 2.62. The van der Waals surface area contributed by atoms with E-state index in [1.807, 2.05) is 0 Å². The molecule has 0 saturated heterocycles. The second-order valence-electron chi connectivity index (χ2n) is 3.60. The summed E-state index contributed by atoms with van der Waals surface area (Å²) in [7, 11) is 1.32. The summed E-state index contributed by atoms with van der Waals surface area (Å²) in [4.78, 5) is 3.67. The van der Waals surface area contributed by atoms with E-state index in [9.17, 15) is 12.8 Å². The number of hydrogen-bond donors (Lipinski definition) is 0. The van der Waals surface area contributed by atoms with Crippen LogP contribution >= 0.6 is 26.6 Å². The summed E-state index contributed by atoms with van der Waals surface area (Å²) >= 11 is 3.18. The molecule has 0 amide bonds. The molecule has 2 aromatic rings. The van der Waals surface area contributed by atoms with Crippen LogP contribution in [0.15, 0.2) is 40.2 Å². The number of hydrogen-bond acceptors (Lipinski definition) is 3. The van der Waals surface area contributed by atoms with Gasteiger partial charge in [-0.3, -0.25) is 0 Å². The molecule has 0 atom stereocenters. The van der Waals surface area contributed by atoms with E-state index in [0.29, 0.717) is 16.6 Å². The molecule has 0 unspecified atom stereocenters. The molecular weight excluding hydrogens is 347 g/mol. The van der Waals surface area contributed by atoms with Crippen LogP contribution in [0.25, 0.3) is 0 Å². The first kappa shape index (κ1) is 13.5. The lowest BCUT2D eigenvalue weighted by atomic mass is 10.2. The first-order valence-electron chi connectivity index (χ1n) is 4.76. The van der Waals surface area contributed by atoms with Crippen LogP contribution < -0.4 is 0 Å². The highest BCUT2D eigenvalue weighted by Crippen LogP contribution is 2.17.